The molecule has 4 heteroatoms. The van der Waals surface area contributed by atoms with Crippen molar-refractivity contribution in [3.05, 3.63) is 24.4 Å². The molecule has 0 aromatic carbocycles. The first-order chi connectivity index (χ1) is 9.20. The van der Waals surface area contributed by atoms with E-state index in [9.17, 15) is 0 Å². The van der Waals surface area contributed by atoms with Gasteiger partial charge in [0.2, 0.25) is 0 Å². The average molecular weight is 263 g/mol. The summed E-state index contributed by atoms with van der Waals surface area (Å²) < 4.78 is 5.30. The minimum absolute atomic E-state index is 0.429. The van der Waals surface area contributed by atoms with Crippen LogP contribution in [0.5, 0.6) is 0 Å². The van der Waals surface area contributed by atoms with Gasteiger partial charge in [0.15, 0.2) is 0 Å². The summed E-state index contributed by atoms with van der Waals surface area (Å²) in [6.45, 7) is 7.36. The summed E-state index contributed by atoms with van der Waals surface area (Å²) in [6, 6.07) is 7.05. The van der Waals surface area contributed by atoms with Crippen LogP contribution >= 0.6 is 0 Å². The van der Waals surface area contributed by atoms with Crippen molar-refractivity contribution in [3.8, 4) is 0 Å². The van der Waals surface area contributed by atoms with Gasteiger partial charge in [0.25, 0.3) is 0 Å². The number of pyridine rings is 1. The Morgan fingerprint density at radius 1 is 1.47 bits per heavy atom. The first-order valence-corrected chi connectivity index (χ1v) is 7.11. The van der Waals surface area contributed by atoms with Gasteiger partial charge in [0, 0.05) is 38.5 Å². The number of anilines is 1. The van der Waals surface area contributed by atoms with Crippen molar-refractivity contribution in [3.63, 3.8) is 0 Å². The maximum absolute atomic E-state index is 5.30. The Labute approximate surface area is 116 Å². The van der Waals surface area contributed by atoms with Gasteiger partial charge in [-0.15, -0.1) is 0 Å². The van der Waals surface area contributed by atoms with Crippen LogP contribution < -0.4 is 10.2 Å². The largest absolute Gasteiger partial charge is 0.383 e. The van der Waals surface area contributed by atoms with Crippen molar-refractivity contribution in [2.75, 3.05) is 31.7 Å². The second-order valence-corrected chi connectivity index (χ2v) is 5.59. The molecular weight excluding hydrogens is 238 g/mol. The molecule has 0 saturated carbocycles. The SMILES string of the molecule is COCC(NC1CCN(c2ccccn2)C1)C(C)C. The van der Waals surface area contributed by atoms with Crippen LogP contribution in [0, 0.1) is 5.92 Å². The van der Waals surface area contributed by atoms with Crippen LogP contribution in [0.15, 0.2) is 24.4 Å². The Morgan fingerprint density at radius 2 is 2.32 bits per heavy atom. The summed E-state index contributed by atoms with van der Waals surface area (Å²) in [6.07, 6.45) is 3.03. The number of nitrogens with one attached hydrogen (secondary N) is 1. The van der Waals surface area contributed by atoms with E-state index in [2.05, 4.69) is 35.1 Å². The predicted molar refractivity (Wildman–Crippen MR) is 78.5 cm³/mol. The molecule has 0 amide bonds. The molecule has 0 radical (unpaired) electrons. The fraction of sp³-hybridized carbons (Fsp3) is 0.667. The average Bonchev–Trinajstić information content (AvgIpc) is 2.88. The number of hydrogen-bond acceptors (Lipinski definition) is 4. The number of rotatable bonds is 6. The highest BCUT2D eigenvalue weighted by molar-refractivity contribution is 5.39. The molecule has 4 nitrogen and oxygen atoms in total. The van der Waals surface area contributed by atoms with Crippen molar-refractivity contribution in [2.45, 2.75) is 32.4 Å². The number of ether oxygens (including phenoxy) is 1. The van der Waals surface area contributed by atoms with Gasteiger partial charge >= 0.3 is 0 Å². The molecule has 106 valence electrons. The lowest BCUT2D eigenvalue weighted by atomic mass is 10.0. The summed E-state index contributed by atoms with van der Waals surface area (Å²) in [7, 11) is 1.77. The Morgan fingerprint density at radius 3 is 2.95 bits per heavy atom. The Balaban J connectivity index is 1.88. The molecule has 0 bridgehead atoms. The van der Waals surface area contributed by atoms with Crippen LogP contribution in [0.2, 0.25) is 0 Å². The summed E-state index contributed by atoms with van der Waals surface area (Å²) >= 11 is 0. The highest BCUT2D eigenvalue weighted by Crippen LogP contribution is 2.18. The fourth-order valence-corrected chi connectivity index (χ4v) is 2.56. The van der Waals surface area contributed by atoms with Gasteiger partial charge in [-0.25, -0.2) is 4.98 Å². The topological polar surface area (TPSA) is 37.4 Å². The van der Waals surface area contributed by atoms with Gasteiger partial charge in [0.05, 0.1) is 6.61 Å². The maximum Gasteiger partial charge on any atom is 0.128 e. The number of aromatic nitrogens is 1. The minimum Gasteiger partial charge on any atom is -0.383 e. The van der Waals surface area contributed by atoms with Crippen molar-refractivity contribution in [2.24, 2.45) is 5.92 Å². The molecule has 0 spiro atoms. The fourth-order valence-electron chi connectivity index (χ4n) is 2.56. The Kier molecular flexibility index (Phi) is 5.16. The molecule has 1 aliphatic rings. The van der Waals surface area contributed by atoms with Crippen LogP contribution in [-0.4, -0.2) is 43.9 Å². The normalized spacial score (nSPS) is 21.1. The predicted octanol–water partition coefficient (Wildman–Crippen LogP) is 1.92. The third kappa shape index (κ3) is 3.91. The zero-order chi connectivity index (χ0) is 13.7. The van der Waals surface area contributed by atoms with E-state index in [1.54, 1.807) is 7.11 Å². The second kappa shape index (κ2) is 6.87. The molecule has 1 N–H and O–H groups in total. The van der Waals surface area contributed by atoms with Crippen LogP contribution in [-0.2, 0) is 4.74 Å². The molecular formula is C15H25N3O. The first kappa shape index (κ1) is 14.3. The quantitative estimate of drug-likeness (QED) is 0.851. The van der Waals surface area contributed by atoms with Gasteiger partial charge in [0.1, 0.15) is 5.82 Å². The standard InChI is InChI=1S/C15H25N3O/c1-12(2)14(11-19-3)17-13-7-9-18(10-13)15-6-4-5-8-16-15/h4-6,8,12-14,17H,7,9-11H2,1-3H3. The van der Waals surface area contributed by atoms with Gasteiger partial charge in [-0.1, -0.05) is 19.9 Å². The summed E-state index contributed by atoms with van der Waals surface area (Å²) in [5.41, 5.74) is 0. The van der Waals surface area contributed by atoms with E-state index in [4.69, 9.17) is 4.74 Å². The number of methoxy groups -OCH3 is 1. The highest BCUT2D eigenvalue weighted by atomic mass is 16.5. The van der Waals surface area contributed by atoms with E-state index in [1.165, 1.54) is 6.42 Å². The molecule has 2 heterocycles. The number of nitrogens with zero attached hydrogens (tertiary/aromatic N) is 2. The monoisotopic (exact) mass is 263 g/mol. The minimum atomic E-state index is 0.429. The van der Waals surface area contributed by atoms with Crippen LogP contribution in [0.3, 0.4) is 0 Å². The molecule has 1 saturated heterocycles. The van der Waals surface area contributed by atoms with E-state index < -0.39 is 0 Å². The van der Waals surface area contributed by atoms with Gasteiger partial charge < -0.3 is 15.0 Å². The molecule has 1 aromatic heterocycles. The zero-order valence-corrected chi connectivity index (χ0v) is 12.2. The number of hydrogen-bond donors (Lipinski definition) is 1. The Hall–Kier alpha value is -1.13. The van der Waals surface area contributed by atoms with E-state index in [-0.39, 0.29) is 0 Å². The molecule has 1 aromatic rings. The Bertz CT molecular complexity index is 369. The van der Waals surface area contributed by atoms with Crippen LogP contribution in [0.1, 0.15) is 20.3 Å². The van der Waals surface area contributed by atoms with Crippen molar-refractivity contribution in [1.82, 2.24) is 10.3 Å². The summed E-state index contributed by atoms with van der Waals surface area (Å²) in [5, 5.41) is 3.72. The molecule has 19 heavy (non-hydrogen) atoms. The molecule has 2 unspecified atom stereocenters. The van der Waals surface area contributed by atoms with Gasteiger partial charge in [-0.05, 0) is 24.5 Å². The van der Waals surface area contributed by atoms with E-state index in [1.807, 2.05) is 18.3 Å². The van der Waals surface area contributed by atoms with Crippen molar-refractivity contribution >= 4 is 5.82 Å². The third-order valence-corrected chi connectivity index (χ3v) is 3.76. The summed E-state index contributed by atoms with van der Waals surface area (Å²) in [4.78, 5) is 6.77. The van der Waals surface area contributed by atoms with Gasteiger partial charge in [-0.2, -0.15) is 0 Å². The van der Waals surface area contributed by atoms with E-state index >= 15 is 0 Å². The van der Waals surface area contributed by atoms with Crippen LogP contribution in [0.4, 0.5) is 5.82 Å². The molecule has 0 aliphatic carbocycles. The lowest BCUT2D eigenvalue weighted by Crippen LogP contribution is -2.45. The van der Waals surface area contributed by atoms with E-state index in [0.717, 1.165) is 25.5 Å². The van der Waals surface area contributed by atoms with E-state index in [0.29, 0.717) is 18.0 Å². The highest BCUT2D eigenvalue weighted by Gasteiger charge is 2.26. The smallest absolute Gasteiger partial charge is 0.128 e. The molecule has 1 fully saturated rings. The van der Waals surface area contributed by atoms with Crippen molar-refractivity contribution in [1.29, 1.82) is 0 Å². The van der Waals surface area contributed by atoms with Gasteiger partial charge in [-0.3, -0.25) is 0 Å². The molecule has 2 atom stereocenters. The molecule has 2 rings (SSSR count). The third-order valence-electron chi connectivity index (χ3n) is 3.76. The summed E-state index contributed by atoms with van der Waals surface area (Å²) in [5.74, 6) is 1.67. The first-order valence-electron chi connectivity index (χ1n) is 7.11. The van der Waals surface area contributed by atoms with Crippen molar-refractivity contribution < 1.29 is 4.74 Å². The zero-order valence-electron chi connectivity index (χ0n) is 12.2. The lowest BCUT2D eigenvalue weighted by molar-refractivity contribution is 0.141. The van der Waals surface area contributed by atoms with Crippen LogP contribution in [0.25, 0.3) is 0 Å². The molecule has 1 aliphatic heterocycles. The maximum atomic E-state index is 5.30. The lowest BCUT2D eigenvalue weighted by Gasteiger charge is -2.26. The second-order valence-electron chi connectivity index (χ2n) is 5.59.